The van der Waals surface area contributed by atoms with Gasteiger partial charge in [0.15, 0.2) is 0 Å². The Morgan fingerprint density at radius 1 is 1.00 bits per heavy atom. The van der Waals surface area contributed by atoms with Gasteiger partial charge in [-0.3, -0.25) is 14.5 Å². The number of likely N-dealkylation sites (tertiary alicyclic amines) is 1. The van der Waals surface area contributed by atoms with E-state index in [1.807, 2.05) is 67.3 Å². The Hall–Kier alpha value is -2.83. The lowest BCUT2D eigenvalue weighted by Gasteiger charge is -2.50. The summed E-state index contributed by atoms with van der Waals surface area (Å²) in [5.74, 6) is 1.77. The lowest BCUT2D eigenvalue weighted by atomic mass is 9.82. The second-order valence-electron chi connectivity index (χ2n) is 9.96. The first-order valence-corrected chi connectivity index (χ1v) is 12.8. The van der Waals surface area contributed by atoms with E-state index in [0.29, 0.717) is 25.1 Å². The predicted molar refractivity (Wildman–Crippen MR) is 145 cm³/mol. The standard InChI is InChI=1S/C29H37N3O3.ClH/c1-4-5-17-32-27(33)26(20-22(2)3)30-28(34)29(32)15-18-31(19-16-29)21-23-11-13-25(14-12-23)35-24-9-7-6-8-10-24;/h6-14,20,22H,4-5,15-19,21H2,1-3H3,(H,30,34);1H/b26-20+;. The molecule has 0 bridgehead atoms. The number of nitrogens with zero attached hydrogens (tertiary/aromatic N) is 2. The van der Waals surface area contributed by atoms with Crippen LogP contribution < -0.4 is 10.1 Å². The number of allylic oxidation sites excluding steroid dienone is 1. The summed E-state index contributed by atoms with van der Waals surface area (Å²) >= 11 is 0. The first-order valence-electron chi connectivity index (χ1n) is 12.8. The van der Waals surface area contributed by atoms with Crippen LogP contribution in [0.4, 0.5) is 0 Å². The molecule has 0 saturated carbocycles. The second-order valence-corrected chi connectivity index (χ2v) is 9.96. The van der Waals surface area contributed by atoms with Crippen LogP contribution in [-0.2, 0) is 16.1 Å². The number of hydrogen-bond donors (Lipinski definition) is 1. The van der Waals surface area contributed by atoms with Crippen LogP contribution in [-0.4, -0.2) is 46.8 Å². The number of benzene rings is 2. The Balaban J connectivity index is 0.00000361. The first kappa shape index (κ1) is 27.8. The highest BCUT2D eigenvalue weighted by atomic mass is 35.5. The zero-order chi connectivity index (χ0) is 24.8. The molecule has 2 saturated heterocycles. The van der Waals surface area contributed by atoms with E-state index in [1.54, 1.807) is 0 Å². The lowest BCUT2D eigenvalue weighted by Crippen LogP contribution is -2.69. The van der Waals surface area contributed by atoms with Crippen molar-refractivity contribution in [3.05, 3.63) is 71.9 Å². The normalized spacial score (nSPS) is 18.9. The Morgan fingerprint density at radius 3 is 2.25 bits per heavy atom. The third-order valence-electron chi connectivity index (χ3n) is 6.89. The summed E-state index contributed by atoms with van der Waals surface area (Å²) in [6.07, 6.45) is 5.06. The van der Waals surface area contributed by atoms with Crippen LogP contribution in [0.1, 0.15) is 52.0 Å². The monoisotopic (exact) mass is 511 g/mol. The van der Waals surface area contributed by atoms with Gasteiger partial charge in [0.25, 0.3) is 11.8 Å². The zero-order valence-electron chi connectivity index (χ0n) is 21.5. The number of carbonyl (C=O) groups excluding carboxylic acids is 2. The van der Waals surface area contributed by atoms with Gasteiger partial charge in [-0.25, -0.2) is 0 Å². The minimum atomic E-state index is -0.746. The van der Waals surface area contributed by atoms with Crippen LogP contribution in [0.2, 0.25) is 0 Å². The molecule has 1 N–H and O–H groups in total. The average Bonchev–Trinajstić information content (AvgIpc) is 2.85. The van der Waals surface area contributed by atoms with Crippen LogP contribution in [0.3, 0.4) is 0 Å². The molecule has 2 amide bonds. The fraction of sp³-hybridized carbons (Fsp3) is 0.448. The Bertz CT molecular complexity index is 1050. The van der Waals surface area contributed by atoms with E-state index in [9.17, 15) is 9.59 Å². The molecule has 0 unspecified atom stereocenters. The van der Waals surface area contributed by atoms with Crippen molar-refractivity contribution in [2.45, 2.75) is 58.5 Å². The summed E-state index contributed by atoms with van der Waals surface area (Å²) in [7, 11) is 0. The van der Waals surface area contributed by atoms with E-state index < -0.39 is 5.54 Å². The average molecular weight is 512 g/mol. The number of unbranched alkanes of at least 4 members (excludes halogenated alkanes) is 1. The number of piperidine rings is 1. The van der Waals surface area contributed by atoms with Crippen molar-refractivity contribution < 1.29 is 14.3 Å². The predicted octanol–water partition coefficient (Wildman–Crippen LogP) is 5.53. The Kier molecular flexibility index (Phi) is 9.57. The summed E-state index contributed by atoms with van der Waals surface area (Å²) in [5.41, 5.74) is 0.896. The van der Waals surface area contributed by atoms with E-state index in [1.165, 1.54) is 5.56 Å². The number of nitrogens with one attached hydrogen (secondary N) is 1. The number of halogens is 1. The van der Waals surface area contributed by atoms with Gasteiger partial charge in [-0.15, -0.1) is 12.4 Å². The topological polar surface area (TPSA) is 61.9 Å². The van der Waals surface area contributed by atoms with E-state index in [0.717, 1.165) is 44.0 Å². The summed E-state index contributed by atoms with van der Waals surface area (Å²) in [5, 5.41) is 2.95. The maximum atomic E-state index is 13.4. The number of carbonyl (C=O) groups is 2. The molecule has 2 aromatic rings. The number of hydrogen-bond acceptors (Lipinski definition) is 4. The molecule has 2 heterocycles. The molecule has 6 nitrogen and oxygen atoms in total. The highest BCUT2D eigenvalue weighted by molar-refractivity contribution is 6.06. The van der Waals surface area contributed by atoms with Gasteiger partial charge in [-0.2, -0.15) is 0 Å². The lowest BCUT2D eigenvalue weighted by molar-refractivity contribution is -0.154. The largest absolute Gasteiger partial charge is 0.457 e. The van der Waals surface area contributed by atoms with Crippen LogP contribution in [0.15, 0.2) is 66.4 Å². The molecule has 2 aromatic carbocycles. The number of ether oxygens (including phenoxy) is 1. The molecule has 0 atom stereocenters. The van der Waals surface area contributed by atoms with E-state index in [4.69, 9.17) is 4.74 Å². The van der Waals surface area contributed by atoms with Gasteiger partial charge in [0.2, 0.25) is 0 Å². The third kappa shape index (κ3) is 6.29. The van der Waals surface area contributed by atoms with Crippen molar-refractivity contribution in [2.75, 3.05) is 19.6 Å². The van der Waals surface area contributed by atoms with Crippen molar-refractivity contribution in [1.82, 2.24) is 15.1 Å². The molecule has 2 aliphatic heterocycles. The number of amides is 2. The van der Waals surface area contributed by atoms with Gasteiger partial charge in [-0.1, -0.05) is 63.6 Å². The molecule has 0 radical (unpaired) electrons. The molecule has 2 aliphatic rings. The molecule has 36 heavy (non-hydrogen) atoms. The SMILES string of the molecule is CCCCN1C(=O)/C(=C\C(C)C)NC(=O)C12CCN(Cc1ccc(Oc3ccccc3)cc1)CC2.Cl. The van der Waals surface area contributed by atoms with Crippen molar-refractivity contribution in [1.29, 1.82) is 0 Å². The minimum Gasteiger partial charge on any atom is -0.457 e. The molecule has 4 rings (SSSR count). The fourth-order valence-electron chi connectivity index (χ4n) is 4.96. The highest BCUT2D eigenvalue weighted by Gasteiger charge is 2.52. The summed E-state index contributed by atoms with van der Waals surface area (Å²) in [6, 6.07) is 17.9. The first-order chi connectivity index (χ1) is 16.9. The fourth-order valence-corrected chi connectivity index (χ4v) is 4.96. The number of para-hydroxylation sites is 1. The van der Waals surface area contributed by atoms with E-state index >= 15 is 0 Å². The smallest absolute Gasteiger partial charge is 0.270 e. The van der Waals surface area contributed by atoms with E-state index in [2.05, 4.69) is 29.3 Å². The van der Waals surface area contributed by atoms with Gasteiger partial charge in [-0.05, 0) is 55.0 Å². The Morgan fingerprint density at radius 2 is 1.64 bits per heavy atom. The van der Waals surface area contributed by atoms with Gasteiger partial charge >= 0.3 is 0 Å². The van der Waals surface area contributed by atoms with Crippen LogP contribution in [0.5, 0.6) is 11.5 Å². The van der Waals surface area contributed by atoms with Crippen LogP contribution >= 0.6 is 12.4 Å². The molecule has 7 heteroatoms. The maximum Gasteiger partial charge on any atom is 0.270 e. The zero-order valence-corrected chi connectivity index (χ0v) is 22.4. The second kappa shape index (κ2) is 12.4. The maximum absolute atomic E-state index is 13.4. The Labute approximate surface area is 221 Å². The van der Waals surface area contributed by atoms with Crippen LogP contribution in [0.25, 0.3) is 0 Å². The van der Waals surface area contributed by atoms with Gasteiger partial charge in [0.1, 0.15) is 22.7 Å². The van der Waals surface area contributed by atoms with Crippen molar-refractivity contribution in [3.8, 4) is 11.5 Å². The number of rotatable bonds is 8. The molecule has 0 aromatic heterocycles. The number of piperazine rings is 1. The molecule has 1 spiro atoms. The van der Waals surface area contributed by atoms with Gasteiger partial charge in [0, 0.05) is 26.2 Å². The summed E-state index contributed by atoms with van der Waals surface area (Å²) < 4.78 is 5.90. The van der Waals surface area contributed by atoms with Gasteiger partial charge in [0.05, 0.1) is 0 Å². The van der Waals surface area contributed by atoms with Gasteiger partial charge < -0.3 is 15.0 Å². The molecular weight excluding hydrogens is 474 g/mol. The third-order valence-corrected chi connectivity index (χ3v) is 6.89. The molecular formula is C29H38ClN3O3. The van der Waals surface area contributed by atoms with Crippen molar-refractivity contribution >= 4 is 24.2 Å². The quantitative estimate of drug-likeness (QED) is 0.473. The minimum absolute atomic E-state index is 0. The van der Waals surface area contributed by atoms with E-state index in [-0.39, 0.29) is 30.1 Å². The summed E-state index contributed by atoms with van der Waals surface area (Å²) in [4.78, 5) is 30.9. The summed E-state index contributed by atoms with van der Waals surface area (Å²) in [6.45, 7) is 9.14. The van der Waals surface area contributed by atoms with Crippen molar-refractivity contribution in [3.63, 3.8) is 0 Å². The molecule has 194 valence electrons. The molecule has 0 aliphatic carbocycles. The van der Waals surface area contributed by atoms with Crippen molar-refractivity contribution in [2.24, 2.45) is 5.92 Å². The van der Waals surface area contributed by atoms with Crippen LogP contribution in [0, 0.1) is 5.92 Å². The highest BCUT2D eigenvalue weighted by Crippen LogP contribution is 2.35. The molecule has 2 fully saturated rings.